The van der Waals surface area contributed by atoms with Gasteiger partial charge < -0.3 is 9.32 Å². The zero-order valence-electron chi connectivity index (χ0n) is 15.9. The molecule has 2 aromatic rings. The SMILES string of the molecule is O=C(CSC(=S)N1CCCCC1)Nc1ncc2c(n1)C[C@@H](c1ccco1)CC2=O. The second-order valence-corrected chi connectivity index (χ2v) is 8.86. The number of ketones is 1. The van der Waals surface area contributed by atoms with Gasteiger partial charge in [-0.25, -0.2) is 9.97 Å². The zero-order valence-corrected chi connectivity index (χ0v) is 17.6. The number of furan rings is 1. The van der Waals surface area contributed by atoms with E-state index >= 15 is 0 Å². The summed E-state index contributed by atoms with van der Waals surface area (Å²) in [6.45, 7) is 1.93. The van der Waals surface area contributed by atoms with Crippen molar-refractivity contribution in [3.05, 3.63) is 41.6 Å². The molecular weight excluding hydrogens is 408 g/mol. The number of nitrogens with zero attached hydrogens (tertiary/aromatic N) is 3. The van der Waals surface area contributed by atoms with Crippen molar-refractivity contribution < 1.29 is 14.0 Å². The number of Topliss-reactive ketones (excluding diaryl/α,β-unsaturated/α-hetero) is 1. The molecule has 0 unspecified atom stereocenters. The van der Waals surface area contributed by atoms with Crippen LogP contribution in [0.2, 0.25) is 0 Å². The normalized spacial score (nSPS) is 19.0. The van der Waals surface area contributed by atoms with Crippen molar-refractivity contribution >= 4 is 45.9 Å². The summed E-state index contributed by atoms with van der Waals surface area (Å²) in [6, 6.07) is 3.68. The van der Waals surface area contributed by atoms with E-state index in [4.69, 9.17) is 16.6 Å². The van der Waals surface area contributed by atoms with E-state index in [9.17, 15) is 9.59 Å². The van der Waals surface area contributed by atoms with Gasteiger partial charge >= 0.3 is 0 Å². The van der Waals surface area contributed by atoms with E-state index in [0.29, 0.717) is 24.1 Å². The third kappa shape index (κ3) is 4.84. The largest absolute Gasteiger partial charge is 0.469 e. The summed E-state index contributed by atoms with van der Waals surface area (Å²) in [5, 5.41) is 2.72. The summed E-state index contributed by atoms with van der Waals surface area (Å²) >= 11 is 6.79. The van der Waals surface area contributed by atoms with Crippen molar-refractivity contribution in [1.29, 1.82) is 0 Å². The number of thioether (sulfide) groups is 1. The van der Waals surface area contributed by atoms with Crippen LogP contribution in [0.3, 0.4) is 0 Å². The minimum absolute atomic E-state index is 0.00652. The molecule has 29 heavy (non-hydrogen) atoms. The van der Waals surface area contributed by atoms with Crippen LogP contribution in [-0.2, 0) is 11.2 Å². The second-order valence-electron chi connectivity index (χ2n) is 7.25. The van der Waals surface area contributed by atoms with Crippen LogP contribution in [0, 0.1) is 0 Å². The Hall–Kier alpha value is -2.26. The van der Waals surface area contributed by atoms with Gasteiger partial charge in [-0.1, -0.05) is 24.0 Å². The van der Waals surface area contributed by atoms with Crippen LogP contribution in [0.1, 0.15) is 53.4 Å². The van der Waals surface area contributed by atoms with E-state index in [1.165, 1.54) is 24.4 Å². The lowest BCUT2D eigenvalue weighted by Crippen LogP contribution is -2.33. The van der Waals surface area contributed by atoms with Gasteiger partial charge in [-0.2, -0.15) is 0 Å². The number of hydrogen-bond donors (Lipinski definition) is 1. The summed E-state index contributed by atoms with van der Waals surface area (Å²) in [5.74, 6) is 0.943. The van der Waals surface area contributed by atoms with Crippen LogP contribution in [0.4, 0.5) is 5.95 Å². The second kappa shape index (κ2) is 9.04. The summed E-state index contributed by atoms with van der Waals surface area (Å²) < 4.78 is 6.21. The topological polar surface area (TPSA) is 88.3 Å². The van der Waals surface area contributed by atoms with E-state index < -0.39 is 0 Å². The monoisotopic (exact) mass is 430 g/mol. The standard InChI is InChI=1S/C20H22N4O3S2/c25-16-10-13(17-5-4-8-27-17)9-15-14(16)11-21-19(22-15)23-18(26)12-29-20(28)24-6-2-1-3-7-24/h4-5,8,11,13H,1-3,6-7,9-10,12H2,(H,21,22,23,26)/t13-/m1/s1. The molecule has 3 heterocycles. The van der Waals surface area contributed by atoms with Crippen molar-refractivity contribution in [3.63, 3.8) is 0 Å². The van der Waals surface area contributed by atoms with Crippen molar-refractivity contribution in [2.45, 2.75) is 38.0 Å². The lowest BCUT2D eigenvalue weighted by molar-refractivity contribution is -0.113. The lowest BCUT2D eigenvalue weighted by Gasteiger charge is -2.28. The highest BCUT2D eigenvalue weighted by molar-refractivity contribution is 8.23. The zero-order chi connectivity index (χ0) is 20.2. The lowest BCUT2D eigenvalue weighted by atomic mass is 9.85. The maximum atomic E-state index is 12.4. The number of aromatic nitrogens is 2. The van der Waals surface area contributed by atoms with Crippen LogP contribution in [-0.4, -0.2) is 49.7 Å². The predicted molar refractivity (Wildman–Crippen MR) is 115 cm³/mol. The highest BCUT2D eigenvalue weighted by Crippen LogP contribution is 2.32. The molecule has 0 radical (unpaired) electrons. The molecule has 1 saturated heterocycles. The number of amides is 1. The molecule has 9 heteroatoms. The van der Waals surface area contributed by atoms with Gasteiger partial charge in [0.25, 0.3) is 0 Å². The number of carbonyl (C=O) groups excluding carboxylic acids is 2. The average Bonchev–Trinajstić information content (AvgIpc) is 3.27. The van der Waals surface area contributed by atoms with Crippen LogP contribution < -0.4 is 5.32 Å². The maximum Gasteiger partial charge on any atom is 0.237 e. The smallest absolute Gasteiger partial charge is 0.237 e. The Morgan fingerprint density at radius 3 is 2.90 bits per heavy atom. The molecule has 4 rings (SSSR count). The Balaban J connectivity index is 1.36. The molecule has 0 spiro atoms. The molecule has 0 saturated carbocycles. The Morgan fingerprint density at radius 1 is 1.31 bits per heavy atom. The summed E-state index contributed by atoms with van der Waals surface area (Å²) in [6.07, 6.45) is 7.59. The highest BCUT2D eigenvalue weighted by Gasteiger charge is 2.29. The molecule has 1 atom stereocenters. The van der Waals surface area contributed by atoms with Gasteiger partial charge in [0, 0.05) is 38.0 Å². The third-order valence-corrected chi connectivity index (χ3v) is 6.70. The molecule has 1 amide bonds. The Bertz CT molecular complexity index is 910. The minimum Gasteiger partial charge on any atom is -0.469 e. The number of likely N-dealkylation sites (tertiary alicyclic amines) is 1. The van der Waals surface area contributed by atoms with Gasteiger partial charge in [0.05, 0.1) is 23.3 Å². The molecule has 0 aromatic carbocycles. The molecule has 1 aliphatic carbocycles. The van der Waals surface area contributed by atoms with E-state index in [1.807, 2.05) is 12.1 Å². The van der Waals surface area contributed by atoms with Gasteiger partial charge in [0.2, 0.25) is 11.9 Å². The first-order valence-electron chi connectivity index (χ1n) is 9.74. The molecule has 1 fully saturated rings. The summed E-state index contributed by atoms with van der Waals surface area (Å²) in [5.41, 5.74) is 1.16. The Kier molecular flexibility index (Phi) is 6.25. The predicted octanol–water partition coefficient (Wildman–Crippen LogP) is 3.42. The van der Waals surface area contributed by atoms with E-state index in [0.717, 1.165) is 36.0 Å². The van der Waals surface area contributed by atoms with E-state index in [-0.39, 0.29) is 29.3 Å². The molecule has 0 bridgehead atoms. The average molecular weight is 431 g/mol. The van der Waals surface area contributed by atoms with E-state index in [2.05, 4.69) is 20.2 Å². The van der Waals surface area contributed by atoms with Crippen molar-refractivity contribution in [2.75, 3.05) is 24.2 Å². The van der Waals surface area contributed by atoms with Crippen molar-refractivity contribution in [2.24, 2.45) is 0 Å². The first-order chi connectivity index (χ1) is 14.1. The van der Waals surface area contributed by atoms with Gasteiger partial charge in [-0.15, -0.1) is 0 Å². The van der Waals surface area contributed by atoms with Crippen LogP contribution in [0.15, 0.2) is 29.0 Å². The Morgan fingerprint density at radius 2 is 2.14 bits per heavy atom. The quantitative estimate of drug-likeness (QED) is 0.738. The molecule has 7 nitrogen and oxygen atoms in total. The number of piperidine rings is 1. The van der Waals surface area contributed by atoms with Crippen LogP contribution in [0.25, 0.3) is 0 Å². The molecule has 1 N–H and O–H groups in total. The molecule has 1 aliphatic heterocycles. The number of rotatable bonds is 4. The number of nitrogens with one attached hydrogen (secondary N) is 1. The Labute approximate surface area is 178 Å². The van der Waals surface area contributed by atoms with Gasteiger partial charge in [0.1, 0.15) is 10.1 Å². The summed E-state index contributed by atoms with van der Waals surface area (Å²) in [4.78, 5) is 35.5. The fraction of sp³-hybridized carbons (Fsp3) is 0.450. The number of carbonyl (C=O) groups is 2. The van der Waals surface area contributed by atoms with Crippen LogP contribution in [0.5, 0.6) is 0 Å². The summed E-state index contributed by atoms with van der Waals surface area (Å²) in [7, 11) is 0. The molecule has 2 aliphatic rings. The minimum atomic E-state index is -0.209. The fourth-order valence-corrected chi connectivity index (χ4v) is 4.74. The number of thiocarbonyl (C=S) groups is 1. The molecule has 152 valence electrons. The van der Waals surface area contributed by atoms with Gasteiger partial charge in [-0.3, -0.25) is 14.9 Å². The van der Waals surface area contributed by atoms with Crippen molar-refractivity contribution in [1.82, 2.24) is 14.9 Å². The van der Waals surface area contributed by atoms with Crippen LogP contribution >= 0.6 is 24.0 Å². The first-order valence-corrected chi connectivity index (χ1v) is 11.1. The fourth-order valence-electron chi connectivity index (χ4n) is 3.69. The number of anilines is 1. The molecular formula is C20H22N4O3S2. The molecule has 2 aromatic heterocycles. The van der Waals surface area contributed by atoms with Gasteiger partial charge in [-0.05, 0) is 31.4 Å². The third-order valence-electron chi connectivity index (χ3n) is 5.18. The van der Waals surface area contributed by atoms with Crippen molar-refractivity contribution in [3.8, 4) is 0 Å². The highest BCUT2D eigenvalue weighted by atomic mass is 32.2. The van der Waals surface area contributed by atoms with Gasteiger partial charge in [0.15, 0.2) is 5.78 Å². The number of hydrogen-bond acceptors (Lipinski definition) is 7. The van der Waals surface area contributed by atoms with E-state index in [1.54, 1.807) is 6.26 Å². The number of fused-ring (bicyclic) bond motifs is 1. The maximum absolute atomic E-state index is 12.4. The first kappa shape index (κ1) is 20.0.